The fraction of sp³-hybridized carbons (Fsp3) is 0.300. The summed E-state index contributed by atoms with van der Waals surface area (Å²) < 4.78 is 17.5. The Kier molecular flexibility index (Phi) is 4.36. The van der Waals surface area contributed by atoms with Crippen LogP contribution in [0, 0.1) is 5.82 Å². The van der Waals surface area contributed by atoms with Crippen molar-refractivity contribution < 1.29 is 13.9 Å². The van der Waals surface area contributed by atoms with Crippen molar-refractivity contribution >= 4 is 29.2 Å². The molecule has 0 fully saturated rings. The number of halogens is 3. The molecule has 1 rings (SSSR count). The van der Waals surface area contributed by atoms with E-state index in [0.29, 0.717) is 5.56 Å². The number of hydrogen-bond acceptors (Lipinski definition) is 2. The van der Waals surface area contributed by atoms with Gasteiger partial charge < -0.3 is 4.74 Å². The molecule has 0 aromatic heterocycles. The van der Waals surface area contributed by atoms with Gasteiger partial charge in [-0.25, -0.2) is 4.39 Å². The minimum absolute atomic E-state index is 0.0672. The van der Waals surface area contributed by atoms with E-state index < -0.39 is 17.2 Å². The van der Waals surface area contributed by atoms with Crippen LogP contribution in [0.4, 0.5) is 4.39 Å². The maximum absolute atomic E-state index is 12.8. The van der Waals surface area contributed by atoms with Gasteiger partial charge in [-0.1, -0.05) is 17.7 Å². The summed E-state index contributed by atoms with van der Waals surface area (Å²) >= 11 is 11.4. The van der Waals surface area contributed by atoms with Crippen molar-refractivity contribution in [1.82, 2.24) is 0 Å². The molecule has 0 saturated carbocycles. The van der Waals surface area contributed by atoms with Crippen molar-refractivity contribution in [3.8, 4) is 0 Å². The van der Waals surface area contributed by atoms with E-state index in [4.69, 9.17) is 27.9 Å². The monoisotopic (exact) mass is 250 g/mol. The molecule has 15 heavy (non-hydrogen) atoms. The normalized spacial score (nSPS) is 12.3. The van der Waals surface area contributed by atoms with E-state index in [1.807, 2.05) is 0 Å². The van der Waals surface area contributed by atoms with Crippen molar-refractivity contribution in [3.05, 3.63) is 34.6 Å². The molecule has 0 aliphatic heterocycles. The lowest BCUT2D eigenvalue weighted by Gasteiger charge is -2.09. The molecule has 1 aromatic rings. The lowest BCUT2D eigenvalue weighted by atomic mass is 10.1. The van der Waals surface area contributed by atoms with Gasteiger partial charge in [-0.3, -0.25) is 4.79 Å². The summed E-state index contributed by atoms with van der Waals surface area (Å²) in [6.45, 7) is 1.93. The topological polar surface area (TPSA) is 26.3 Å². The van der Waals surface area contributed by atoms with Gasteiger partial charge in [-0.15, -0.1) is 11.6 Å². The number of ether oxygens (including phenoxy) is 1. The first-order chi connectivity index (χ1) is 7.06. The van der Waals surface area contributed by atoms with Gasteiger partial charge in [0.1, 0.15) is 5.82 Å². The second-order valence-electron chi connectivity index (χ2n) is 2.79. The van der Waals surface area contributed by atoms with E-state index >= 15 is 0 Å². The molecule has 0 heterocycles. The van der Waals surface area contributed by atoms with Crippen molar-refractivity contribution in [2.75, 3.05) is 6.61 Å². The number of benzene rings is 1. The van der Waals surface area contributed by atoms with E-state index in [1.165, 1.54) is 12.1 Å². The number of carbonyl (C=O) groups is 1. The van der Waals surface area contributed by atoms with E-state index in [0.717, 1.165) is 6.07 Å². The second-order valence-corrected chi connectivity index (χ2v) is 3.63. The van der Waals surface area contributed by atoms with Crippen LogP contribution < -0.4 is 0 Å². The van der Waals surface area contributed by atoms with Gasteiger partial charge in [-0.2, -0.15) is 0 Å². The van der Waals surface area contributed by atoms with E-state index in [9.17, 15) is 9.18 Å². The molecule has 0 aliphatic rings. The molecule has 5 heteroatoms. The van der Waals surface area contributed by atoms with Crippen LogP contribution >= 0.6 is 23.2 Å². The van der Waals surface area contributed by atoms with Gasteiger partial charge in [0.2, 0.25) is 0 Å². The molecule has 1 atom stereocenters. The number of hydrogen-bond donors (Lipinski definition) is 0. The van der Waals surface area contributed by atoms with Crippen LogP contribution in [0.5, 0.6) is 0 Å². The lowest BCUT2D eigenvalue weighted by molar-refractivity contribution is -0.142. The Bertz CT molecular complexity index is 368. The highest BCUT2D eigenvalue weighted by Gasteiger charge is 2.19. The third kappa shape index (κ3) is 3.08. The summed E-state index contributed by atoms with van der Waals surface area (Å²) in [5.74, 6) is -1.12. The molecule has 0 bridgehead atoms. The van der Waals surface area contributed by atoms with Crippen molar-refractivity contribution in [2.45, 2.75) is 12.3 Å². The second kappa shape index (κ2) is 5.33. The minimum Gasteiger partial charge on any atom is -0.465 e. The largest absolute Gasteiger partial charge is 0.465 e. The Labute approximate surface area is 96.9 Å². The highest BCUT2D eigenvalue weighted by Crippen LogP contribution is 2.26. The molecule has 0 N–H and O–H groups in total. The zero-order chi connectivity index (χ0) is 11.4. The van der Waals surface area contributed by atoms with Gasteiger partial charge >= 0.3 is 5.97 Å². The molecule has 0 spiro atoms. The maximum Gasteiger partial charge on any atom is 0.328 e. The Morgan fingerprint density at radius 2 is 2.27 bits per heavy atom. The number of carbonyl (C=O) groups excluding carboxylic acids is 1. The van der Waals surface area contributed by atoms with Crippen LogP contribution in [0.15, 0.2) is 18.2 Å². The van der Waals surface area contributed by atoms with Crippen LogP contribution in [0.3, 0.4) is 0 Å². The van der Waals surface area contributed by atoms with Gasteiger partial charge in [0.25, 0.3) is 0 Å². The molecule has 0 aliphatic carbocycles. The first-order valence-corrected chi connectivity index (χ1v) is 5.13. The van der Waals surface area contributed by atoms with Crippen molar-refractivity contribution in [3.63, 3.8) is 0 Å². The first kappa shape index (κ1) is 12.3. The molecular weight excluding hydrogens is 242 g/mol. The SMILES string of the molecule is CCOC(=O)C(Cl)c1ccc(F)c(Cl)c1. The van der Waals surface area contributed by atoms with Crippen LogP contribution in [-0.4, -0.2) is 12.6 Å². The summed E-state index contributed by atoms with van der Waals surface area (Å²) in [5, 5.41) is -1.02. The van der Waals surface area contributed by atoms with Crippen molar-refractivity contribution in [2.24, 2.45) is 0 Å². The minimum atomic E-state index is -0.956. The summed E-state index contributed by atoms with van der Waals surface area (Å²) in [6, 6.07) is 3.87. The van der Waals surface area contributed by atoms with Gasteiger partial charge in [0.15, 0.2) is 5.38 Å². The van der Waals surface area contributed by atoms with Gasteiger partial charge in [0, 0.05) is 0 Å². The Balaban J connectivity index is 2.86. The highest BCUT2D eigenvalue weighted by molar-refractivity contribution is 6.32. The van der Waals surface area contributed by atoms with Gasteiger partial charge in [0.05, 0.1) is 11.6 Å². The predicted molar refractivity (Wildman–Crippen MR) is 56.6 cm³/mol. The smallest absolute Gasteiger partial charge is 0.328 e. The molecule has 2 nitrogen and oxygen atoms in total. The summed E-state index contributed by atoms with van der Waals surface area (Å²) in [7, 11) is 0. The Hall–Kier alpha value is -0.800. The molecule has 82 valence electrons. The van der Waals surface area contributed by atoms with Crippen LogP contribution in [-0.2, 0) is 9.53 Å². The Morgan fingerprint density at radius 1 is 1.60 bits per heavy atom. The van der Waals surface area contributed by atoms with Crippen LogP contribution in [0.25, 0.3) is 0 Å². The van der Waals surface area contributed by atoms with Crippen molar-refractivity contribution in [1.29, 1.82) is 0 Å². The van der Waals surface area contributed by atoms with Crippen LogP contribution in [0.1, 0.15) is 17.9 Å². The molecule has 1 unspecified atom stereocenters. The average molecular weight is 251 g/mol. The van der Waals surface area contributed by atoms with E-state index in [-0.39, 0.29) is 11.6 Å². The van der Waals surface area contributed by atoms with E-state index in [1.54, 1.807) is 6.92 Å². The number of alkyl halides is 1. The zero-order valence-corrected chi connectivity index (χ0v) is 9.48. The third-order valence-corrected chi connectivity index (χ3v) is 2.45. The summed E-state index contributed by atoms with van der Waals surface area (Å²) in [4.78, 5) is 11.2. The Morgan fingerprint density at radius 3 is 2.80 bits per heavy atom. The summed E-state index contributed by atoms with van der Waals surface area (Å²) in [5.41, 5.74) is 0.418. The third-order valence-electron chi connectivity index (χ3n) is 1.73. The average Bonchev–Trinajstić information content (AvgIpc) is 2.21. The van der Waals surface area contributed by atoms with Gasteiger partial charge in [-0.05, 0) is 24.6 Å². The number of esters is 1. The molecule has 0 saturated heterocycles. The van der Waals surface area contributed by atoms with E-state index in [2.05, 4.69) is 0 Å². The molecule has 0 amide bonds. The maximum atomic E-state index is 12.8. The quantitative estimate of drug-likeness (QED) is 0.608. The fourth-order valence-electron chi connectivity index (χ4n) is 1.02. The molecule has 1 aromatic carbocycles. The highest BCUT2D eigenvalue weighted by atomic mass is 35.5. The zero-order valence-electron chi connectivity index (χ0n) is 7.97. The van der Waals surface area contributed by atoms with Crippen LogP contribution in [0.2, 0.25) is 5.02 Å². The standard InChI is InChI=1S/C10H9Cl2FO2/c1-2-15-10(14)9(12)6-3-4-8(13)7(11)5-6/h3-5,9H,2H2,1H3. The first-order valence-electron chi connectivity index (χ1n) is 4.32. The summed E-state index contributed by atoms with van der Waals surface area (Å²) in [6.07, 6.45) is 0. The fourth-order valence-corrected chi connectivity index (χ4v) is 1.41. The number of rotatable bonds is 3. The molecular formula is C10H9Cl2FO2. The molecule has 0 radical (unpaired) electrons. The lowest BCUT2D eigenvalue weighted by Crippen LogP contribution is -2.11. The predicted octanol–water partition coefficient (Wildman–Crippen LogP) is 3.32.